The topological polar surface area (TPSA) is 73.3 Å². The highest BCUT2D eigenvalue weighted by molar-refractivity contribution is 8.07. The Bertz CT molecular complexity index is 1010. The van der Waals surface area contributed by atoms with Crippen molar-refractivity contribution in [2.24, 2.45) is 0 Å². The summed E-state index contributed by atoms with van der Waals surface area (Å²) in [5, 5.41) is 2.28. The molecule has 144 valence electrons. The van der Waals surface area contributed by atoms with Crippen LogP contribution in [-0.4, -0.2) is 57.7 Å². The Hall–Kier alpha value is -1.75. The lowest BCUT2D eigenvalue weighted by Crippen LogP contribution is -2.45. The normalized spacial score (nSPS) is 22.0. The summed E-state index contributed by atoms with van der Waals surface area (Å²) in [6, 6.07) is 1.38. The van der Waals surface area contributed by atoms with E-state index in [1.165, 1.54) is 17.8 Å². The van der Waals surface area contributed by atoms with Gasteiger partial charge in [-0.25, -0.2) is 4.39 Å². The molecule has 0 spiro atoms. The zero-order chi connectivity index (χ0) is 18.9. The van der Waals surface area contributed by atoms with Crippen molar-refractivity contribution in [3.05, 3.63) is 38.5 Å². The summed E-state index contributed by atoms with van der Waals surface area (Å²) in [6.07, 6.45) is -0.0512. The van der Waals surface area contributed by atoms with Gasteiger partial charge in [0.05, 0.1) is 11.4 Å². The summed E-state index contributed by atoms with van der Waals surface area (Å²) in [4.78, 5) is 5.89. The van der Waals surface area contributed by atoms with Crippen molar-refractivity contribution in [1.29, 1.82) is 0 Å². The predicted octanol–water partition coefficient (Wildman–Crippen LogP) is 1.98. The maximum atomic E-state index is 15.1. The number of hydrogen-bond donors (Lipinski definition) is 1. The van der Waals surface area contributed by atoms with Gasteiger partial charge in [0.15, 0.2) is 11.6 Å². The third-order valence-electron chi connectivity index (χ3n) is 5.37. The molecule has 4 aliphatic rings. The maximum Gasteiger partial charge on any atom is 0.293 e. The van der Waals surface area contributed by atoms with Crippen LogP contribution in [0.15, 0.2) is 27.1 Å². The Morgan fingerprint density at radius 3 is 2.67 bits per heavy atom. The molecule has 5 rings (SSSR count). The summed E-state index contributed by atoms with van der Waals surface area (Å²) < 4.78 is 54.5. The Balaban J connectivity index is 1.68. The Kier molecular flexibility index (Phi) is 3.77. The Labute approximate surface area is 160 Å². The molecule has 1 fully saturated rings. The molecule has 10 heteroatoms. The minimum Gasteiger partial charge on any atom is -0.483 e. The Morgan fingerprint density at radius 2 is 1.96 bits per heavy atom. The number of likely N-dealkylation sites (N-methyl/N-ethyl adjacent to an activating group) is 1. The van der Waals surface area contributed by atoms with E-state index in [1.54, 1.807) is 4.90 Å². The number of benzene rings is 1. The average Bonchev–Trinajstić information content (AvgIpc) is 3.04. The van der Waals surface area contributed by atoms with Crippen LogP contribution in [0.1, 0.15) is 5.56 Å². The zero-order valence-electron chi connectivity index (χ0n) is 14.6. The molecule has 0 unspecified atom stereocenters. The van der Waals surface area contributed by atoms with E-state index in [0.29, 0.717) is 40.8 Å². The largest absolute Gasteiger partial charge is 0.483 e. The lowest BCUT2D eigenvalue weighted by Gasteiger charge is -2.40. The third kappa shape index (κ3) is 2.58. The first kappa shape index (κ1) is 17.4. The molecule has 4 heterocycles. The second kappa shape index (κ2) is 5.87. The van der Waals surface area contributed by atoms with Gasteiger partial charge in [-0.1, -0.05) is 11.8 Å². The number of hydrogen-bond acceptors (Lipinski definition) is 7. The molecule has 7 nitrogen and oxygen atoms in total. The molecule has 0 bridgehead atoms. The van der Waals surface area contributed by atoms with Crippen molar-refractivity contribution >= 4 is 33.3 Å². The SMILES string of the molecule is CN1CCN(c2c(F)cc3c4c2OCC2=CSC(=C(S(=O)(=O)O)C3)N24)CC1. The Morgan fingerprint density at radius 1 is 1.22 bits per heavy atom. The lowest BCUT2D eigenvalue weighted by molar-refractivity contribution is 0.305. The lowest BCUT2D eigenvalue weighted by atomic mass is 10.0. The van der Waals surface area contributed by atoms with Gasteiger partial charge in [-0.15, -0.1) is 0 Å². The van der Waals surface area contributed by atoms with Crippen LogP contribution in [0.2, 0.25) is 0 Å². The fraction of sp³-hybridized carbons (Fsp3) is 0.412. The predicted molar refractivity (Wildman–Crippen MR) is 102 cm³/mol. The highest BCUT2D eigenvalue weighted by Crippen LogP contribution is 2.56. The summed E-state index contributed by atoms with van der Waals surface area (Å²) in [6.45, 7) is 3.28. The van der Waals surface area contributed by atoms with Gasteiger partial charge in [0, 0.05) is 38.0 Å². The molecular weight excluding hydrogens is 393 g/mol. The van der Waals surface area contributed by atoms with Gasteiger partial charge in [0.1, 0.15) is 22.2 Å². The van der Waals surface area contributed by atoms with Crippen molar-refractivity contribution in [2.45, 2.75) is 6.42 Å². The van der Waals surface area contributed by atoms with Gasteiger partial charge in [0.25, 0.3) is 10.1 Å². The first-order valence-corrected chi connectivity index (χ1v) is 10.9. The molecule has 0 atom stereocenters. The molecule has 0 aliphatic carbocycles. The van der Waals surface area contributed by atoms with Crippen LogP contribution < -0.4 is 14.5 Å². The van der Waals surface area contributed by atoms with Crippen LogP contribution in [0, 0.1) is 5.82 Å². The molecule has 0 saturated carbocycles. The smallest absolute Gasteiger partial charge is 0.293 e. The number of rotatable bonds is 2. The number of piperazine rings is 1. The van der Waals surface area contributed by atoms with Gasteiger partial charge in [-0.2, -0.15) is 8.42 Å². The highest BCUT2D eigenvalue weighted by atomic mass is 32.2. The van der Waals surface area contributed by atoms with Gasteiger partial charge in [0.2, 0.25) is 0 Å². The molecule has 1 saturated heterocycles. The maximum absolute atomic E-state index is 15.1. The van der Waals surface area contributed by atoms with Crippen LogP contribution in [0.4, 0.5) is 15.8 Å². The standard InChI is InChI=1S/C17H18FN3O4S2/c1-19-2-4-20(5-3-19)15-12(18)6-10-7-13(27(22,23)24)17-21-11(9-26-17)8-25-16(15)14(10)21/h6,9H,2-5,7-8H2,1H3,(H,22,23,24). The van der Waals surface area contributed by atoms with E-state index >= 15 is 4.39 Å². The second-order valence-electron chi connectivity index (χ2n) is 7.07. The quantitative estimate of drug-likeness (QED) is 0.741. The molecule has 0 aromatic heterocycles. The molecule has 1 aromatic carbocycles. The number of ether oxygens (including phenoxy) is 1. The van der Waals surface area contributed by atoms with Crippen LogP contribution in [-0.2, 0) is 16.5 Å². The van der Waals surface area contributed by atoms with E-state index in [9.17, 15) is 13.0 Å². The van der Waals surface area contributed by atoms with Crippen LogP contribution in [0.3, 0.4) is 0 Å². The minimum absolute atomic E-state index is 0.0512. The average molecular weight is 411 g/mol. The number of anilines is 2. The van der Waals surface area contributed by atoms with E-state index in [2.05, 4.69) is 4.90 Å². The molecule has 0 radical (unpaired) electrons. The van der Waals surface area contributed by atoms with E-state index in [4.69, 9.17) is 4.74 Å². The van der Waals surface area contributed by atoms with Gasteiger partial charge < -0.3 is 14.5 Å². The van der Waals surface area contributed by atoms with E-state index in [-0.39, 0.29) is 17.9 Å². The third-order valence-corrected chi connectivity index (χ3v) is 7.50. The van der Waals surface area contributed by atoms with Crippen molar-refractivity contribution in [2.75, 3.05) is 49.6 Å². The number of halogens is 1. The molecule has 0 amide bonds. The summed E-state index contributed by atoms with van der Waals surface area (Å²) in [7, 11) is -2.34. The summed E-state index contributed by atoms with van der Waals surface area (Å²) >= 11 is 1.25. The molecular formula is C17H18FN3O4S2. The first-order valence-electron chi connectivity index (χ1n) is 8.62. The van der Waals surface area contributed by atoms with E-state index in [0.717, 1.165) is 18.8 Å². The van der Waals surface area contributed by atoms with Gasteiger partial charge >= 0.3 is 0 Å². The monoisotopic (exact) mass is 411 g/mol. The van der Waals surface area contributed by atoms with Gasteiger partial charge in [-0.05, 0) is 18.7 Å². The van der Waals surface area contributed by atoms with E-state index in [1.807, 2.05) is 17.4 Å². The van der Waals surface area contributed by atoms with Crippen molar-refractivity contribution in [3.8, 4) is 5.75 Å². The summed E-state index contributed by atoms with van der Waals surface area (Å²) in [5.41, 5.74) is 2.42. The molecule has 27 heavy (non-hydrogen) atoms. The van der Waals surface area contributed by atoms with Crippen molar-refractivity contribution < 1.29 is 22.1 Å². The number of nitrogens with zero attached hydrogens (tertiary/aromatic N) is 3. The fourth-order valence-corrected chi connectivity index (χ4v) is 6.04. The van der Waals surface area contributed by atoms with Crippen molar-refractivity contribution in [1.82, 2.24) is 4.90 Å². The number of allylic oxidation sites excluding steroid dienone is 1. The molecule has 4 aliphatic heterocycles. The summed E-state index contributed by atoms with van der Waals surface area (Å²) in [5.74, 6) is 0.0341. The molecule has 1 aromatic rings. The zero-order valence-corrected chi connectivity index (χ0v) is 16.2. The minimum atomic E-state index is -4.38. The van der Waals surface area contributed by atoms with E-state index < -0.39 is 15.9 Å². The van der Waals surface area contributed by atoms with Crippen LogP contribution >= 0.6 is 11.8 Å². The fourth-order valence-electron chi connectivity index (χ4n) is 3.99. The van der Waals surface area contributed by atoms with Gasteiger partial charge in [-0.3, -0.25) is 9.45 Å². The van der Waals surface area contributed by atoms with Crippen LogP contribution in [0.5, 0.6) is 5.75 Å². The highest BCUT2D eigenvalue weighted by Gasteiger charge is 2.42. The first-order chi connectivity index (χ1) is 12.8. The number of thioether (sulfide) groups is 1. The van der Waals surface area contributed by atoms with Crippen molar-refractivity contribution in [3.63, 3.8) is 0 Å². The van der Waals surface area contributed by atoms with Crippen LogP contribution in [0.25, 0.3) is 0 Å². The second-order valence-corrected chi connectivity index (χ2v) is 9.37. The molecule has 1 N–H and O–H groups in total.